The normalized spacial score (nSPS) is 25.1. The summed E-state index contributed by atoms with van der Waals surface area (Å²) in [5.41, 5.74) is 0. The average Bonchev–Trinajstić information content (AvgIpc) is 2.57. The topological polar surface area (TPSA) is 29.0 Å². The van der Waals surface area contributed by atoms with Crippen LogP contribution in [0.3, 0.4) is 0 Å². The summed E-state index contributed by atoms with van der Waals surface area (Å²) in [5, 5.41) is 0.550. The molecule has 1 aliphatic rings. The molecule has 2 atom stereocenters. The van der Waals surface area contributed by atoms with Crippen molar-refractivity contribution in [2.24, 2.45) is 5.92 Å². The van der Waals surface area contributed by atoms with Crippen LogP contribution in [0.5, 0.6) is 0 Å². The third-order valence-electron chi connectivity index (χ3n) is 3.12. The molecule has 0 aliphatic carbocycles. The lowest BCUT2D eigenvalue weighted by Crippen LogP contribution is -2.28. The van der Waals surface area contributed by atoms with E-state index < -0.39 is 0 Å². The van der Waals surface area contributed by atoms with Gasteiger partial charge < -0.3 is 4.90 Å². The Kier molecular flexibility index (Phi) is 3.33. The Hall–Kier alpha value is -0.830. The summed E-state index contributed by atoms with van der Waals surface area (Å²) in [4.78, 5) is 11.1. The molecule has 1 aliphatic heterocycles. The average molecular weight is 240 g/mol. The summed E-state index contributed by atoms with van der Waals surface area (Å²) in [5.74, 6) is 2.54. The van der Waals surface area contributed by atoms with Crippen molar-refractivity contribution in [2.45, 2.75) is 39.7 Å². The highest BCUT2D eigenvalue weighted by Crippen LogP contribution is 2.28. The summed E-state index contributed by atoms with van der Waals surface area (Å²) < 4.78 is 0. The van der Waals surface area contributed by atoms with E-state index in [0.717, 1.165) is 30.5 Å². The number of aromatic nitrogens is 2. The van der Waals surface area contributed by atoms with E-state index in [1.807, 2.05) is 13.0 Å². The first-order valence-electron chi connectivity index (χ1n) is 5.90. The zero-order valence-electron chi connectivity index (χ0n) is 10.1. The largest absolute Gasteiger partial charge is 0.353 e. The monoisotopic (exact) mass is 239 g/mol. The highest BCUT2D eigenvalue weighted by molar-refractivity contribution is 6.29. The smallest absolute Gasteiger partial charge is 0.134 e. The second-order valence-corrected chi connectivity index (χ2v) is 5.05. The van der Waals surface area contributed by atoms with Crippen LogP contribution in [-0.4, -0.2) is 22.6 Å². The third kappa shape index (κ3) is 2.29. The zero-order valence-corrected chi connectivity index (χ0v) is 10.8. The van der Waals surface area contributed by atoms with Crippen molar-refractivity contribution in [3.63, 3.8) is 0 Å². The van der Waals surface area contributed by atoms with Gasteiger partial charge in [-0.3, -0.25) is 0 Å². The van der Waals surface area contributed by atoms with Gasteiger partial charge in [-0.2, -0.15) is 0 Å². The molecule has 1 aromatic rings. The number of aryl methyl sites for hydroxylation is 1. The van der Waals surface area contributed by atoms with Gasteiger partial charge in [-0.05, 0) is 19.3 Å². The Bertz CT molecular complexity index is 381. The van der Waals surface area contributed by atoms with Crippen molar-refractivity contribution >= 4 is 17.4 Å². The zero-order chi connectivity index (χ0) is 11.7. The van der Waals surface area contributed by atoms with Crippen LogP contribution in [0.2, 0.25) is 5.15 Å². The van der Waals surface area contributed by atoms with Gasteiger partial charge in [0.1, 0.15) is 16.8 Å². The van der Waals surface area contributed by atoms with E-state index in [0.29, 0.717) is 11.2 Å². The molecule has 2 heterocycles. The van der Waals surface area contributed by atoms with Gasteiger partial charge in [-0.1, -0.05) is 25.4 Å². The second-order valence-electron chi connectivity index (χ2n) is 4.66. The van der Waals surface area contributed by atoms with Crippen molar-refractivity contribution in [2.75, 3.05) is 11.4 Å². The molecule has 0 bridgehead atoms. The van der Waals surface area contributed by atoms with Gasteiger partial charge in [0.15, 0.2) is 0 Å². The van der Waals surface area contributed by atoms with Gasteiger partial charge in [0.2, 0.25) is 0 Å². The van der Waals surface area contributed by atoms with E-state index in [9.17, 15) is 0 Å². The lowest BCUT2D eigenvalue weighted by atomic mass is 10.1. The minimum atomic E-state index is 0.547. The van der Waals surface area contributed by atoms with Crippen molar-refractivity contribution in [1.29, 1.82) is 0 Å². The fraction of sp³-hybridized carbons (Fsp3) is 0.667. The van der Waals surface area contributed by atoms with Crippen molar-refractivity contribution in [3.8, 4) is 0 Å². The Morgan fingerprint density at radius 3 is 2.75 bits per heavy atom. The minimum absolute atomic E-state index is 0.547. The first-order valence-corrected chi connectivity index (χ1v) is 6.28. The lowest BCUT2D eigenvalue weighted by molar-refractivity contribution is 0.625. The van der Waals surface area contributed by atoms with Crippen LogP contribution in [0.4, 0.5) is 5.82 Å². The second kappa shape index (κ2) is 4.58. The molecular weight excluding hydrogens is 222 g/mol. The number of halogens is 1. The molecule has 2 rings (SSSR count). The van der Waals surface area contributed by atoms with Crippen molar-refractivity contribution in [1.82, 2.24) is 9.97 Å². The van der Waals surface area contributed by atoms with E-state index in [1.165, 1.54) is 6.42 Å². The molecule has 4 heteroatoms. The molecular formula is C12H18ClN3. The maximum Gasteiger partial charge on any atom is 0.134 e. The highest BCUT2D eigenvalue weighted by Gasteiger charge is 2.27. The molecule has 0 radical (unpaired) electrons. The molecule has 0 N–H and O–H groups in total. The summed E-state index contributed by atoms with van der Waals surface area (Å²) in [6, 6.07) is 2.42. The van der Waals surface area contributed by atoms with Gasteiger partial charge >= 0.3 is 0 Å². The molecule has 2 unspecified atom stereocenters. The van der Waals surface area contributed by atoms with E-state index in [1.54, 1.807) is 0 Å². The summed E-state index contributed by atoms with van der Waals surface area (Å²) in [6.45, 7) is 7.63. The van der Waals surface area contributed by atoms with Gasteiger partial charge in [-0.15, -0.1) is 0 Å². The minimum Gasteiger partial charge on any atom is -0.353 e. The molecule has 88 valence electrons. The number of anilines is 1. The molecule has 1 saturated heterocycles. The first-order chi connectivity index (χ1) is 7.60. The van der Waals surface area contributed by atoms with E-state index in [-0.39, 0.29) is 0 Å². The van der Waals surface area contributed by atoms with Gasteiger partial charge in [0, 0.05) is 25.1 Å². The van der Waals surface area contributed by atoms with Gasteiger partial charge in [0.25, 0.3) is 0 Å². The van der Waals surface area contributed by atoms with Crippen LogP contribution in [0.25, 0.3) is 0 Å². The van der Waals surface area contributed by atoms with Gasteiger partial charge in [0.05, 0.1) is 0 Å². The predicted octanol–water partition coefficient (Wildman–Crippen LogP) is 2.93. The number of hydrogen-bond acceptors (Lipinski definition) is 3. The lowest BCUT2D eigenvalue weighted by Gasteiger charge is -2.23. The van der Waals surface area contributed by atoms with Crippen LogP contribution in [0.1, 0.15) is 33.0 Å². The molecule has 0 amide bonds. The van der Waals surface area contributed by atoms with Crippen molar-refractivity contribution in [3.05, 3.63) is 17.0 Å². The molecule has 3 nitrogen and oxygen atoms in total. The van der Waals surface area contributed by atoms with Crippen molar-refractivity contribution < 1.29 is 0 Å². The number of hydrogen-bond donors (Lipinski definition) is 0. The standard InChI is InChI=1S/C12H18ClN3/c1-4-11-14-10(13)6-12(15-11)16-7-8(2)5-9(16)3/h6,8-9H,4-5,7H2,1-3H3. The maximum atomic E-state index is 6.01. The Morgan fingerprint density at radius 2 is 2.19 bits per heavy atom. The van der Waals surface area contributed by atoms with E-state index in [2.05, 4.69) is 28.7 Å². The fourth-order valence-electron chi connectivity index (χ4n) is 2.38. The molecule has 16 heavy (non-hydrogen) atoms. The van der Waals surface area contributed by atoms with E-state index >= 15 is 0 Å². The third-order valence-corrected chi connectivity index (χ3v) is 3.32. The molecule has 0 saturated carbocycles. The molecule has 0 aromatic carbocycles. The van der Waals surface area contributed by atoms with Crippen LogP contribution < -0.4 is 4.90 Å². The molecule has 1 fully saturated rings. The highest BCUT2D eigenvalue weighted by atomic mass is 35.5. The summed E-state index contributed by atoms with van der Waals surface area (Å²) in [6.07, 6.45) is 2.05. The Balaban J connectivity index is 2.29. The predicted molar refractivity (Wildman–Crippen MR) is 67.0 cm³/mol. The summed E-state index contributed by atoms with van der Waals surface area (Å²) in [7, 11) is 0. The maximum absolute atomic E-state index is 6.01. The Labute approximate surface area is 102 Å². The van der Waals surface area contributed by atoms with Crippen LogP contribution in [0, 0.1) is 5.92 Å². The van der Waals surface area contributed by atoms with Crippen LogP contribution in [0.15, 0.2) is 6.07 Å². The Morgan fingerprint density at radius 1 is 1.44 bits per heavy atom. The quantitative estimate of drug-likeness (QED) is 0.744. The van der Waals surface area contributed by atoms with Gasteiger partial charge in [-0.25, -0.2) is 9.97 Å². The number of nitrogens with zero attached hydrogens (tertiary/aromatic N) is 3. The van der Waals surface area contributed by atoms with Crippen LogP contribution >= 0.6 is 11.6 Å². The number of rotatable bonds is 2. The molecule has 1 aromatic heterocycles. The molecule has 0 spiro atoms. The first kappa shape index (κ1) is 11.6. The fourth-order valence-corrected chi connectivity index (χ4v) is 2.57. The summed E-state index contributed by atoms with van der Waals surface area (Å²) >= 11 is 6.01. The van der Waals surface area contributed by atoms with E-state index in [4.69, 9.17) is 11.6 Å². The SMILES string of the molecule is CCc1nc(Cl)cc(N2CC(C)CC2C)n1. The van der Waals surface area contributed by atoms with Crippen LogP contribution in [-0.2, 0) is 6.42 Å².